The Balaban J connectivity index is 1.29. The van der Waals surface area contributed by atoms with Crippen LogP contribution in [0.5, 0.6) is 0 Å². The van der Waals surface area contributed by atoms with Crippen LogP contribution < -0.4 is 15.9 Å². The Morgan fingerprint density at radius 1 is 1.12 bits per heavy atom. The van der Waals surface area contributed by atoms with Gasteiger partial charge in [0.15, 0.2) is 5.82 Å². The molecule has 170 valence electrons. The van der Waals surface area contributed by atoms with E-state index in [9.17, 15) is 4.79 Å². The third-order valence-electron chi connectivity index (χ3n) is 6.33. The van der Waals surface area contributed by atoms with E-state index in [1.165, 1.54) is 5.56 Å². The molecule has 1 fully saturated rings. The number of piperazine rings is 1. The van der Waals surface area contributed by atoms with Crippen LogP contribution in [0, 0.1) is 4.64 Å². The molecule has 8 nitrogen and oxygen atoms in total. The van der Waals surface area contributed by atoms with E-state index < -0.39 is 0 Å². The molecule has 0 bridgehead atoms. The number of anilines is 2. The van der Waals surface area contributed by atoms with Gasteiger partial charge in [-0.3, -0.25) is 14.5 Å². The number of nitrogens with zero attached hydrogens (tertiary/aromatic N) is 5. The minimum atomic E-state index is -0.151. The monoisotopic (exact) mass is 461 g/mol. The Bertz CT molecular complexity index is 1440. The molecule has 1 aliphatic heterocycles. The second-order valence-electron chi connectivity index (χ2n) is 8.30. The molecular formula is C24H27N7OS. The fourth-order valence-corrected chi connectivity index (χ4v) is 4.90. The van der Waals surface area contributed by atoms with Crippen molar-refractivity contribution >= 4 is 45.5 Å². The van der Waals surface area contributed by atoms with Crippen molar-refractivity contribution in [2.24, 2.45) is 0 Å². The molecule has 0 unspecified atom stereocenters. The lowest BCUT2D eigenvalue weighted by atomic mass is 10.1. The SMILES string of the molecule is CCn1c(=O)[nH]c2cc(CN3CCN(c4cnc5c(NC)nccc5c4)CC3)ccc2c1=S. The number of aromatic amines is 1. The molecule has 1 aromatic carbocycles. The van der Waals surface area contributed by atoms with Crippen molar-refractivity contribution < 1.29 is 0 Å². The summed E-state index contributed by atoms with van der Waals surface area (Å²) in [5.74, 6) is 0.799. The van der Waals surface area contributed by atoms with Gasteiger partial charge in [-0.1, -0.05) is 18.3 Å². The quantitative estimate of drug-likeness (QED) is 0.441. The van der Waals surface area contributed by atoms with Crippen LogP contribution in [-0.2, 0) is 13.1 Å². The van der Waals surface area contributed by atoms with Crippen LogP contribution >= 0.6 is 12.2 Å². The highest BCUT2D eigenvalue weighted by Gasteiger charge is 2.18. The van der Waals surface area contributed by atoms with Gasteiger partial charge in [0.2, 0.25) is 0 Å². The first kappa shape index (κ1) is 21.5. The fourth-order valence-electron chi connectivity index (χ4n) is 4.51. The number of pyridine rings is 2. The standard InChI is InChI=1S/C24H27N7OS/c1-3-31-23(33)19-5-4-16(12-20(19)28-24(31)32)15-29-8-10-30(11-9-29)18-13-17-6-7-26-22(25-2)21(17)27-14-18/h4-7,12-14H,3,8-11,15H2,1-2H3,(H,25,26)(H,28,32). The van der Waals surface area contributed by atoms with Crippen molar-refractivity contribution in [3.63, 3.8) is 0 Å². The molecule has 0 spiro atoms. The summed E-state index contributed by atoms with van der Waals surface area (Å²) in [5, 5.41) is 5.11. The minimum Gasteiger partial charge on any atom is -0.371 e. The first-order valence-electron chi connectivity index (χ1n) is 11.2. The minimum absolute atomic E-state index is 0.151. The van der Waals surface area contributed by atoms with Gasteiger partial charge in [-0.05, 0) is 36.8 Å². The zero-order valence-corrected chi connectivity index (χ0v) is 19.7. The van der Waals surface area contributed by atoms with Crippen LogP contribution in [0.1, 0.15) is 12.5 Å². The molecule has 3 aromatic heterocycles. The lowest BCUT2D eigenvalue weighted by molar-refractivity contribution is 0.250. The lowest BCUT2D eigenvalue weighted by Crippen LogP contribution is -2.46. The maximum absolute atomic E-state index is 12.3. The number of nitrogens with one attached hydrogen (secondary N) is 2. The van der Waals surface area contributed by atoms with Gasteiger partial charge in [0.1, 0.15) is 10.2 Å². The number of fused-ring (bicyclic) bond motifs is 2. The van der Waals surface area contributed by atoms with E-state index in [-0.39, 0.29) is 5.69 Å². The van der Waals surface area contributed by atoms with Gasteiger partial charge in [0.25, 0.3) is 0 Å². The summed E-state index contributed by atoms with van der Waals surface area (Å²) in [6.45, 7) is 7.13. The van der Waals surface area contributed by atoms with Crippen LogP contribution in [0.4, 0.5) is 11.5 Å². The molecule has 4 heterocycles. The molecule has 0 amide bonds. The van der Waals surface area contributed by atoms with Gasteiger partial charge in [-0.2, -0.15) is 0 Å². The van der Waals surface area contributed by atoms with Crippen molar-refractivity contribution in [1.82, 2.24) is 24.4 Å². The second-order valence-corrected chi connectivity index (χ2v) is 8.68. The van der Waals surface area contributed by atoms with Crippen LogP contribution in [-0.4, -0.2) is 57.6 Å². The van der Waals surface area contributed by atoms with E-state index in [0.717, 1.165) is 66.0 Å². The molecule has 0 saturated carbocycles. The van der Waals surface area contributed by atoms with E-state index in [2.05, 4.69) is 48.3 Å². The average Bonchev–Trinajstić information content (AvgIpc) is 2.84. The molecule has 1 aliphatic rings. The summed E-state index contributed by atoms with van der Waals surface area (Å²) in [7, 11) is 1.86. The predicted octanol–water partition coefficient (Wildman–Crippen LogP) is 3.39. The third kappa shape index (κ3) is 4.09. The van der Waals surface area contributed by atoms with Gasteiger partial charge in [0.05, 0.1) is 17.4 Å². The molecule has 4 aromatic rings. The zero-order valence-electron chi connectivity index (χ0n) is 18.8. The van der Waals surface area contributed by atoms with Gasteiger partial charge >= 0.3 is 5.69 Å². The van der Waals surface area contributed by atoms with E-state index in [1.807, 2.05) is 38.5 Å². The Labute approximate surface area is 196 Å². The summed E-state index contributed by atoms with van der Waals surface area (Å²) < 4.78 is 2.19. The summed E-state index contributed by atoms with van der Waals surface area (Å²) in [5.41, 5.74) is 3.87. The molecule has 0 radical (unpaired) electrons. The highest BCUT2D eigenvalue weighted by atomic mass is 32.1. The second kappa shape index (κ2) is 8.92. The van der Waals surface area contributed by atoms with Crippen molar-refractivity contribution in [2.75, 3.05) is 43.4 Å². The molecule has 0 aliphatic carbocycles. The Kier molecular flexibility index (Phi) is 5.82. The molecule has 33 heavy (non-hydrogen) atoms. The van der Waals surface area contributed by atoms with Crippen LogP contribution in [0.3, 0.4) is 0 Å². The van der Waals surface area contributed by atoms with Gasteiger partial charge in [0, 0.05) is 63.3 Å². The normalized spacial score (nSPS) is 14.8. The van der Waals surface area contributed by atoms with E-state index in [4.69, 9.17) is 12.2 Å². The summed E-state index contributed by atoms with van der Waals surface area (Å²) >= 11 is 5.50. The number of H-pyrrole nitrogens is 1. The summed E-state index contributed by atoms with van der Waals surface area (Å²) in [6, 6.07) is 10.4. The Hall–Kier alpha value is -3.30. The number of hydrogen-bond donors (Lipinski definition) is 2. The highest BCUT2D eigenvalue weighted by Crippen LogP contribution is 2.25. The smallest absolute Gasteiger partial charge is 0.326 e. The fraction of sp³-hybridized carbons (Fsp3) is 0.333. The van der Waals surface area contributed by atoms with Gasteiger partial charge in [-0.15, -0.1) is 0 Å². The van der Waals surface area contributed by atoms with E-state index >= 15 is 0 Å². The summed E-state index contributed by atoms with van der Waals surface area (Å²) in [6.07, 6.45) is 3.75. The maximum atomic E-state index is 12.3. The first-order chi connectivity index (χ1) is 16.1. The Morgan fingerprint density at radius 3 is 2.70 bits per heavy atom. The zero-order chi connectivity index (χ0) is 22.9. The molecule has 9 heteroatoms. The molecule has 5 rings (SSSR count). The highest BCUT2D eigenvalue weighted by molar-refractivity contribution is 7.71. The lowest BCUT2D eigenvalue weighted by Gasteiger charge is -2.36. The van der Waals surface area contributed by atoms with Crippen LogP contribution in [0.2, 0.25) is 0 Å². The van der Waals surface area contributed by atoms with Crippen LogP contribution in [0.15, 0.2) is 47.5 Å². The van der Waals surface area contributed by atoms with E-state index in [0.29, 0.717) is 11.2 Å². The molecule has 0 atom stereocenters. The maximum Gasteiger partial charge on any atom is 0.326 e. The van der Waals surface area contributed by atoms with Gasteiger partial charge in [-0.25, -0.2) is 9.78 Å². The predicted molar refractivity (Wildman–Crippen MR) is 136 cm³/mol. The Morgan fingerprint density at radius 2 is 1.94 bits per heavy atom. The number of aromatic nitrogens is 4. The van der Waals surface area contributed by atoms with Gasteiger partial charge < -0.3 is 15.2 Å². The van der Waals surface area contributed by atoms with Crippen molar-refractivity contribution in [2.45, 2.75) is 20.0 Å². The number of benzene rings is 1. The first-order valence-corrected chi connectivity index (χ1v) is 11.6. The third-order valence-corrected chi connectivity index (χ3v) is 6.77. The number of rotatable bonds is 5. The largest absolute Gasteiger partial charge is 0.371 e. The number of hydrogen-bond acceptors (Lipinski definition) is 7. The van der Waals surface area contributed by atoms with Crippen LogP contribution in [0.25, 0.3) is 21.8 Å². The summed E-state index contributed by atoms with van der Waals surface area (Å²) in [4.78, 5) is 29.1. The van der Waals surface area contributed by atoms with E-state index in [1.54, 1.807) is 4.57 Å². The van der Waals surface area contributed by atoms with Crippen molar-refractivity contribution in [3.8, 4) is 0 Å². The van der Waals surface area contributed by atoms with Crippen molar-refractivity contribution in [1.29, 1.82) is 0 Å². The topological polar surface area (TPSA) is 82.1 Å². The molecule has 1 saturated heterocycles. The van der Waals surface area contributed by atoms with Crippen molar-refractivity contribution in [3.05, 3.63) is 63.4 Å². The molecule has 2 N–H and O–H groups in total. The average molecular weight is 462 g/mol. The molecular weight excluding hydrogens is 434 g/mol.